The quantitative estimate of drug-likeness (QED) is 0.603. The fraction of sp³-hybridized carbons (Fsp3) is 0.471. The van der Waals surface area contributed by atoms with Gasteiger partial charge in [0.05, 0.1) is 40.3 Å². The number of carbonyl (C=O) groups is 3. The maximum absolute atomic E-state index is 12.4. The minimum Gasteiger partial charge on any atom is -0.497 e. The average Bonchev–Trinajstić information content (AvgIpc) is 3.06. The molecule has 25 heavy (non-hydrogen) atoms. The van der Waals surface area contributed by atoms with Gasteiger partial charge in [0, 0.05) is 6.04 Å². The molecule has 1 heterocycles. The molecule has 4 atom stereocenters. The Balaban J connectivity index is 2.47. The van der Waals surface area contributed by atoms with E-state index in [2.05, 4.69) is 5.32 Å². The number of carbonyl (C=O) groups excluding carboxylic acids is 3. The van der Waals surface area contributed by atoms with E-state index in [9.17, 15) is 14.4 Å². The van der Waals surface area contributed by atoms with Crippen LogP contribution in [-0.2, 0) is 28.6 Å². The summed E-state index contributed by atoms with van der Waals surface area (Å²) >= 11 is 0. The third kappa shape index (κ3) is 3.58. The Labute approximate surface area is 145 Å². The molecule has 0 aromatic heterocycles. The van der Waals surface area contributed by atoms with Crippen molar-refractivity contribution in [3.63, 3.8) is 0 Å². The van der Waals surface area contributed by atoms with Gasteiger partial charge in [0.25, 0.3) is 0 Å². The van der Waals surface area contributed by atoms with Crippen LogP contribution in [-0.4, -0.2) is 52.4 Å². The maximum Gasteiger partial charge on any atom is 0.323 e. The summed E-state index contributed by atoms with van der Waals surface area (Å²) in [6.07, 6.45) is 0. The molecular formula is C17H21NO7. The van der Waals surface area contributed by atoms with Crippen molar-refractivity contribution in [3.8, 4) is 5.75 Å². The van der Waals surface area contributed by atoms with Crippen LogP contribution >= 0.6 is 0 Å². The zero-order valence-electron chi connectivity index (χ0n) is 14.5. The molecule has 0 spiro atoms. The summed E-state index contributed by atoms with van der Waals surface area (Å²) in [5.74, 6) is -3.30. The van der Waals surface area contributed by atoms with Crippen LogP contribution < -0.4 is 10.1 Å². The van der Waals surface area contributed by atoms with E-state index >= 15 is 0 Å². The molecule has 0 radical (unpaired) electrons. The lowest BCUT2D eigenvalue weighted by molar-refractivity contribution is -0.159. The summed E-state index contributed by atoms with van der Waals surface area (Å²) in [5.41, 5.74) is 0.705. The summed E-state index contributed by atoms with van der Waals surface area (Å²) < 4.78 is 19.5. The number of rotatable bonds is 5. The molecule has 0 bridgehead atoms. The molecule has 1 fully saturated rings. The van der Waals surface area contributed by atoms with E-state index in [1.165, 1.54) is 21.3 Å². The second kappa shape index (κ2) is 7.98. The molecule has 1 aliphatic rings. The zero-order chi connectivity index (χ0) is 18.6. The first-order valence-corrected chi connectivity index (χ1v) is 7.62. The first kappa shape index (κ1) is 18.7. The minimum absolute atomic E-state index is 0.616. The average molecular weight is 351 g/mol. The van der Waals surface area contributed by atoms with Crippen LogP contribution in [0.5, 0.6) is 5.75 Å². The number of ether oxygens (including phenoxy) is 4. The minimum atomic E-state index is -1.06. The largest absolute Gasteiger partial charge is 0.497 e. The first-order valence-electron chi connectivity index (χ1n) is 7.62. The summed E-state index contributed by atoms with van der Waals surface area (Å²) in [7, 11) is 5.19. The van der Waals surface area contributed by atoms with E-state index in [0.29, 0.717) is 11.3 Å². The lowest BCUT2D eigenvalue weighted by atomic mass is 9.84. The molecule has 0 unspecified atom stereocenters. The van der Waals surface area contributed by atoms with Crippen molar-refractivity contribution in [3.05, 3.63) is 29.8 Å². The molecule has 1 aromatic rings. The van der Waals surface area contributed by atoms with Crippen LogP contribution in [0.15, 0.2) is 24.3 Å². The number of benzene rings is 1. The van der Waals surface area contributed by atoms with Gasteiger partial charge in [-0.1, -0.05) is 12.1 Å². The zero-order valence-corrected chi connectivity index (χ0v) is 14.5. The fourth-order valence-corrected chi connectivity index (χ4v) is 3.11. The van der Waals surface area contributed by atoms with Gasteiger partial charge in [0.15, 0.2) is 0 Å². The molecule has 0 aliphatic carbocycles. The number of hydrogen-bond donors (Lipinski definition) is 1. The highest BCUT2D eigenvalue weighted by molar-refractivity contribution is 5.91. The molecule has 1 aromatic carbocycles. The molecule has 136 valence electrons. The molecule has 1 N–H and O–H groups in total. The Hall–Kier alpha value is -2.61. The normalized spacial score (nSPS) is 25.1. The van der Waals surface area contributed by atoms with E-state index in [1.807, 2.05) is 0 Å². The number of esters is 3. The van der Waals surface area contributed by atoms with Gasteiger partial charge in [-0.15, -0.1) is 0 Å². The lowest BCUT2D eigenvalue weighted by Crippen LogP contribution is -2.42. The Morgan fingerprint density at radius 3 is 1.80 bits per heavy atom. The van der Waals surface area contributed by atoms with E-state index in [-0.39, 0.29) is 0 Å². The SMILES string of the molecule is COC(=O)[C@@H]1[C@H](C(=O)OC)[C@H](c2ccc(OC)cc2)N[C@@H]1C(=O)OC. The van der Waals surface area contributed by atoms with Crippen molar-refractivity contribution in [2.45, 2.75) is 12.1 Å². The van der Waals surface area contributed by atoms with Crippen molar-refractivity contribution in [2.75, 3.05) is 28.4 Å². The van der Waals surface area contributed by atoms with Crippen molar-refractivity contribution >= 4 is 17.9 Å². The Kier molecular flexibility index (Phi) is 5.97. The first-order chi connectivity index (χ1) is 12.0. The molecule has 0 amide bonds. The summed E-state index contributed by atoms with van der Waals surface area (Å²) in [5, 5.41) is 3.01. The van der Waals surface area contributed by atoms with Crippen LogP contribution in [0.4, 0.5) is 0 Å². The van der Waals surface area contributed by atoms with Gasteiger partial charge in [-0.05, 0) is 17.7 Å². The van der Waals surface area contributed by atoms with E-state index in [0.717, 1.165) is 0 Å². The van der Waals surface area contributed by atoms with Crippen molar-refractivity contribution < 1.29 is 33.3 Å². The van der Waals surface area contributed by atoms with E-state index in [1.54, 1.807) is 31.4 Å². The van der Waals surface area contributed by atoms with E-state index < -0.39 is 41.8 Å². The number of nitrogens with one attached hydrogen (secondary N) is 1. The van der Waals surface area contributed by atoms with Crippen molar-refractivity contribution in [2.24, 2.45) is 11.8 Å². The smallest absolute Gasteiger partial charge is 0.323 e. The monoisotopic (exact) mass is 351 g/mol. The van der Waals surface area contributed by atoms with Gasteiger partial charge in [0.1, 0.15) is 11.8 Å². The maximum atomic E-state index is 12.4. The summed E-state index contributed by atoms with van der Waals surface area (Å²) in [6.45, 7) is 0. The Morgan fingerprint density at radius 1 is 0.800 bits per heavy atom. The summed E-state index contributed by atoms with van der Waals surface area (Å²) in [6, 6.07) is 5.31. The molecule has 8 nitrogen and oxygen atoms in total. The highest BCUT2D eigenvalue weighted by atomic mass is 16.5. The van der Waals surface area contributed by atoms with Crippen LogP contribution in [0, 0.1) is 11.8 Å². The Bertz CT molecular complexity index is 643. The second-order valence-electron chi connectivity index (χ2n) is 5.52. The summed E-state index contributed by atoms with van der Waals surface area (Å²) in [4.78, 5) is 36.7. The topological polar surface area (TPSA) is 100 Å². The highest BCUT2D eigenvalue weighted by Crippen LogP contribution is 2.39. The van der Waals surface area contributed by atoms with Gasteiger partial charge in [-0.2, -0.15) is 0 Å². The van der Waals surface area contributed by atoms with Gasteiger partial charge < -0.3 is 18.9 Å². The van der Waals surface area contributed by atoms with Gasteiger partial charge in [-0.3, -0.25) is 19.7 Å². The predicted octanol–water partition coefficient (Wildman–Crippen LogP) is 0.459. The van der Waals surface area contributed by atoms with Gasteiger partial charge >= 0.3 is 17.9 Å². The van der Waals surface area contributed by atoms with Crippen molar-refractivity contribution in [1.29, 1.82) is 0 Å². The Morgan fingerprint density at radius 2 is 1.32 bits per heavy atom. The molecule has 0 saturated carbocycles. The van der Waals surface area contributed by atoms with Gasteiger partial charge in [0.2, 0.25) is 0 Å². The fourth-order valence-electron chi connectivity index (χ4n) is 3.11. The third-order valence-electron chi connectivity index (χ3n) is 4.34. The van der Waals surface area contributed by atoms with Crippen LogP contribution in [0.2, 0.25) is 0 Å². The van der Waals surface area contributed by atoms with Crippen LogP contribution in [0.3, 0.4) is 0 Å². The molecule has 1 aliphatic heterocycles. The number of methoxy groups -OCH3 is 4. The molecular weight excluding hydrogens is 330 g/mol. The number of hydrogen-bond acceptors (Lipinski definition) is 8. The third-order valence-corrected chi connectivity index (χ3v) is 4.34. The standard InChI is InChI=1S/C17H21NO7/c1-22-10-7-5-9(6-8-10)13-11(15(19)23-2)12(16(20)24-3)14(18-13)17(21)25-4/h5-8,11-14,18H,1-4H3/t11-,12+,13-,14-/m0/s1. The van der Waals surface area contributed by atoms with Crippen LogP contribution in [0.1, 0.15) is 11.6 Å². The second-order valence-corrected chi connectivity index (χ2v) is 5.52. The molecule has 2 rings (SSSR count). The molecule has 8 heteroatoms. The highest BCUT2D eigenvalue weighted by Gasteiger charge is 2.55. The van der Waals surface area contributed by atoms with Crippen molar-refractivity contribution in [1.82, 2.24) is 5.32 Å². The van der Waals surface area contributed by atoms with Gasteiger partial charge in [-0.25, -0.2) is 0 Å². The predicted molar refractivity (Wildman–Crippen MR) is 85.7 cm³/mol. The molecule has 1 saturated heterocycles. The lowest BCUT2D eigenvalue weighted by Gasteiger charge is -2.21. The van der Waals surface area contributed by atoms with Crippen LogP contribution in [0.25, 0.3) is 0 Å². The van der Waals surface area contributed by atoms with E-state index in [4.69, 9.17) is 18.9 Å².